The van der Waals surface area contributed by atoms with Crippen molar-refractivity contribution < 1.29 is 19.4 Å². The molecule has 1 aromatic rings. The van der Waals surface area contributed by atoms with Crippen LogP contribution in [0.4, 0.5) is 10.5 Å². The standard InChI is InChI=1S/C15H22N2O4/c1-3-9-21-10-5-8-16-15(20)17-13-7-4-6-12(11(13)2)14(18)19/h4,6-7H,3,5,8-10H2,1-2H3,(H,18,19)(H2,16,17,20). The molecule has 0 atom stereocenters. The minimum absolute atomic E-state index is 0.181. The number of urea groups is 1. The summed E-state index contributed by atoms with van der Waals surface area (Å²) in [5.74, 6) is -1.01. The summed E-state index contributed by atoms with van der Waals surface area (Å²) in [6.45, 7) is 5.55. The van der Waals surface area contributed by atoms with Gasteiger partial charge in [-0.2, -0.15) is 0 Å². The first-order valence-corrected chi connectivity index (χ1v) is 7.01. The summed E-state index contributed by atoms with van der Waals surface area (Å²) in [7, 11) is 0. The number of amides is 2. The Morgan fingerprint density at radius 3 is 2.71 bits per heavy atom. The molecule has 0 unspecified atom stereocenters. The number of aromatic carboxylic acids is 1. The Morgan fingerprint density at radius 1 is 1.29 bits per heavy atom. The largest absolute Gasteiger partial charge is 0.478 e. The van der Waals surface area contributed by atoms with E-state index in [9.17, 15) is 9.59 Å². The van der Waals surface area contributed by atoms with E-state index in [1.165, 1.54) is 6.07 Å². The maximum atomic E-state index is 11.7. The molecule has 2 amide bonds. The number of hydrogen-bond donors (Lipinski definition) is 3. The van der Waals surface area contributed by atoms with E-state index in [2.05, 4.69) is 10.6 Å². The lowest BCUT2D eigenvalue weighted by Gasteiger charge is -2.11. The van der Waals surface area contributed by atoms with Gasteiger partial charge >= 0.3 is 12.0 Å². The molecule has 6 nitrogen and oxygen atoms in total. The fourth-order valence-corrected chi connectivity index (χ4v) is 1.79. The molecule has 0 saturated carbocycles. The van der Waals surface area contributed by atoms with E-state index < -0.39 is 5.97 Å². The Balaban J connectivity index is 2.41. The van der Waals surface area contributed by atoms with Crippen LogP contribution in [0.1, 0.15) is 35.7 Å². The van der Waals surface area contributed by atoms with Crippen LogP contribution in [0.3, 0.4) is 0 Å². The Kier molecular flexibility index (Phi) is 7.25. The fourth-order valence-electron chi connectivity index (χ4n) is 1.79. The summed E-state index contributed by atoms with van der Waals surface area (Å²) in [5, 5.41) is 14.4. The molecule has 0 aliphatic heterocycles. The number of anilines is 1. The second-order valence-electron chi connectivity index (χ2n) is 4.63. The van der Waals surface area contributed by atoms with Gasteiger partial charge in [-0.1, -0.05) is 13.0 Å². The van der Waals surface area contributed by atoms with Gasteiger partial charge in [0.25, 0.3) is 0 Å². The molecular formula is C15H22N2O4. The van der Waals surface area contributed by atoms with E-state index in [0.29, 0.717) is 24.4 Å². The SMILES string of the molecule is CCCOCCCNC(=O)Nc1cccc(C(=O)O)c1C. The zero-order valence-corrected chi connectivity index (χ0v) is 12.4. The number of rotatable bonds is 8. The third kappa shape index (κ3) is 5.83. The smallest absolute Gasteiger partial charge is 0.336 e. The van der Waals surface area contributed by atoms with E-state index in [1.54, 1.807) is 19.1 Å². The van der Waals surface area contributed by atoms with Crippen molar-refractivity contribution in [2.75, 3.05) is 25.1 Å². The van der Waals surface area contributed by atoms with E-state index in [4.69, 9.17) is 9.84 Å². The zero-order chi connectivity index (χ0) is 15.7. The van der Waals surface area contributed by atoms with Gasteiger partial charge in [-0.3, -0.25) is 0 Å². The van der Waals surface area contributed by atoms with Gasteiger partial charge in [0.1, 0.15) is 0 Å². The molecule has 0 aromatic heterocycles. The molecule has 0 aliphatic rings. The molecule has 1 aromatic carbocycles. The van der Waals surface area contributed by atoms with E-state index >= 15 is 0 Å². The van der Waals surface area contributed by atoms with Crippen molar-refractivity contribution in [1.29, 1.82) is 0 Å². The summed E-state index contributed by atoms with van der Waals surface area (Å²) in [5.41, 5.74) is 1.21. The molecule has 3 N–H and O–H groups in total. The number of benzene rings is 1. The highest BCUT2D eigenvalue weighted by molar-refractivity contribution is 5.95. The van der Waals surface area contributed by atoms with Gasteiger partial charge in [-0.25, -0.2) is 9.59 Å². The maximum absolute atomic E-state index is 11.7. The van der Waals surface area contributed by atoms with Crippen LogP contribution in [0.25, 0.3) is 0 Å². The van der Waals surface area contributed by atoms with Crippen molar-refractivity contribution in [3.63, 3.8) is 0 Å². The van der Waals surface area contributed by atoms with Crippen molar-refractivity contribution in [1.82, 2.24) is 5.32 Å². The molecule has 0 spiro atoms. The highest BCUT2D eigenvalue weighted by atomic mass is 16.5. The minimum Gasteiger partial charge on any atom is -0.478 e. The third-order valence-corrected chi connectivity index (χ3v) is 2.91. The number of hydrogen-bond acceptors (Lipinski definition) is 3. The number of ether oxygens (including phenoxy) is 1. The predicted molar refractivity (Wildman–Crippen MR) is 80.9 cm³/mol. The molecule has 6 heteroatoms. The Bertz CT molecular complexity index is 489. The lowest BCUT2D eigenvalue weighted by Crippen LogP contribution is -2.30. The lowest BCUT2D eigenvalue weighted by molar-refractivity contribution is 0.0696. The summed E-state index contributed by atoms with van der Waals surface area (Å²) in [4.78, 5) is 22.7. The second kappa shape index (κ2) is 8.97. The van der Waals surface area contributed by atoms with Crippen LogP contribution in [-0.2, 0) is 4.74 Å². The first-order chi connectivity index (χ1) is 10.1. The van der Waals surface area contributed by atoms with Gasteiger partial charge in [0.15, 0.2) is 0 Å². The number of carboxylic acids is 1. The summed E-state index contributed by atoms with van der Waals surface area (Å²) in [6.07, 6.45) is 1.72. The highest BCUT2D eigenvalue weighted by Gasteiger charge is 2.11. The number of nitrogens with one attached hydrogen (secondary N) is 2. The molecule has 116 valence electrons. The van der Waals surface area contributed by atoms with Crippen molar-refractivity contribution in [2.45, 2.75) is 26.7 Å². The zero-order valence-electron chi connectivity index (χ0n) is 12.4. The second-order valence-corrected chi connectivity index (χ2v) is 4.63. The average Bonchev–Trinajstić information content (AvgIpc) is 2.44. The topological polar surface area (TPSA) is 87.7 Å². The average molecular weight is 294 g/mol. The first-order valence-electron chi connectivity index (χ1n) is 7.01. The molecule has 0 radical (unpaired) electrons. The van der Waals surface area contributed by atoms with Crippen molar-refractivity contribution in [2.24, 2.45) is 0 Å². The van der Waals surface area contributed by atoms with Gasteiger partial charge in [-0.15, -0.1) is 0 Å². The monoisotopic (exact) mass is 294 g/mol. The molecule has 0 aliphatic carbocycles. The molecule has 0 saturated heterocycles. The fraction of sp³-hybridized carbons (Fsp3) is 0.467. The van der Waals surface area contributed by atoms with E-state index in [1.807, 2.05) is 6.92 Å². The maximum Gasteiger partial charge on any atom is 0.336 e. The molecule has 0 heterocycles. The number of carbonyl (C=O) groups excluding carboxylic acids is 1. The van der Waals surface area contributed by atoms with Gasteiger partial charge in [0.05, 0.1) is 5.56 Å². The van der Waals surface area contributed by atoms with Crippen LogP contribution in [0.5, 0.6) is 0 Å². The normalized spacial score (nSPS) is 10.2. The summed E-state index contributed by atoms with van der Waals surface area (Å²) in [6, 6.07) is 4.43. The van der Waals surface area contributed by atoms with Crippen molar-refractivity contribution in [3.05, 3.63) is 29.3 Å². The van der Waals surface area contributed by atoms with Gasteiger partial charge < -0.3 is 20.5 Å². The Labute approximate surface area is 124 Å². The predicted octanol–water partition coefficient (Wildman–Crippen LogP) is 2.63. The van der Waals surface area contributed by atoms with Gasteiger partial charge in [-0.05, 0) is 37.5 Å². The van der Waals surface area contributed by atoms with E-state index in [-0.39, 0.29) is 11.6 Å². The quantitative estimate of drug-likeness (QED) is 0.643. The first kappa shape index (κ1) is 17.0. The lowest BCUT2D eigenvalue weighted by atomic mass is 10.1. The summed E-state index contributed by atoms with van der Waals surface area (Å²) < 4.78 is 5.31. The molecule has 0 fully saturated rings. The third-order valence-electron chi connectivity index (χ3n) is 2.91. The van der Waals surface area contributed by atoms with Crippen molar-refractivity contribution >= 4 is 17.7 Å². The number of carbonyl (C=O) groups is 2. The van der Waals surface area contributed by atoms with Crippen LogP contribution in [0.2, 0.25) is 0 Å². The van der Waals surface area contributed by atoms with E-state index in [0.717, 1.165) is 19.4 Å². The Morgan fingerprint density at radius 2 is 2.05 bits per heavy atom. The van der Waals surface area contributed by atoms with Crippen LogP contribution >= 0.6 is 0 Å². The van der Waals surface area contributed by atoms with Crippen LogP contribution in [0, 0.1) is 6.92 Å². The van der Waals surface area contributed by atoms with Crippen LogP contribution in [0.15, 0.2) is 18.2 Å². The minimum atomic E-state index is -1.01. The Hall–Kier alpha value is -2.08. The summed E-state index contributed by atoms with van der Waals surface area (Å²) >= 11 is 0. The highest BCUT2D eigenvalue weighted by Crippen LogP contribution is 2.18. The van der Waals surface area contributed by atoms with Gasteiger partial charge in [0.2, 0.25) is 0 Å². The molecule has 1 rings (SSSR count). The molecular weight excluding hydrogens is 272 g/mol. The van der Waals surface area contributed by atoms with Crippen LogP contribution in [-0.4, -0.2) is 36.9 Å². The van der Waals surface area contributed by atoms with Crippen molar-refractivity contribution in [3.8, 4) is 0 Å². The number of carboxylic acid groups (broad SMARTS) is 1. The van der Waals surface area contributed by atoms with Crippen LogP contribution < -0.4 is 10.6 Å². The molecule has 21 heavy (non-hydrogen) atoms. The van der Waals surface area contributed by atoms with Gasteiger partial charge in [0, 0.05) is 25.4 Å². The molecule has 0 bridgehead atoms.